The average Bonchev–Trinajstić information content (AvgIpc) is 2.29. The molecule has 4 nitrogen and oxygen atoms in total. The molecule has 0 bridgehead atoms. The number of sulfone groups is 1. The number of nitrogens with two attached hydrogens (primary N) is 1. The van der Waals surface area contributed by atoms with Crippen molar-refractivity contribution in [2.75, 3.05) is 18.1 Å². The van der Waals surface area contributed by atoms with Gasteiger partial charge in [-0.1, -0.05) is 19.1 Å². The molecule has 0 heterocycles. The molecular formula is C12H19NO3S. The smallest absolute Gasteiger partial charge is 0.153 e. The third-order valence-electron chi connectivity index (χ3n) is 2.51. The summed E-state index contributed by atoms with van der Waals surface area (Å²) in [4.78, 5) is 0. The molecule has 0 aliphatic carbocycles. The Bertz CT molecular complexity index is 437. The second-order valence-electron chi connectivity index (χ2n) is 3.94. The fraction of sp³-hybridized carbons (Fsp3) is 0.500. The molecule has 17 heavy (non-hydrogen) atoms. The molecule has 0 aliphatic heterocycles. The van der Waals surface area contributed by atoms with Gasteiger partial charge in [-0.05, 0) is 24.6 Å². The van der Waals surface area contributed by atoms with E-state index in [1.807, 2.05) is 19.1 Å². The van der Waals surface area contributed by atoms with E-state index in [2.05, 4.69) is 0 Å². The maximum absolute atomic E-state index is 11.2. The Morgan fingerprint density at radius 1 is 1.29 bits per heavy atom. The van der Waals surface area contributed by atoms with Crippen molar-refractivity contribution in [1.29, 1.82) is 0 Å². The van der Waals surface area contributed by atoms with Gasteiger partial charge in [0.1, 0.15) is 12.4 Å². The van der Waals surface area contributed by atoms with Gasteiger partial charge in [0.2, 0.25) is 0 Å². The monoisotopic (exact) mass is 257 g/mol. The fourth-order valence-electron chi connectivity index (χ4n) is 1.30. The molecule has 0 fully saturated rings. The summed E-state index contributed by atoms with van der Waals surface area (Å²) in [5.74, 6) is 0.874. The summed E-state index contributed by atoms with van der Waals surface area (Å²) in [6.45, 7) is 3.73. The van der Waals surface area contributed by atoms with Crippen molar-refractivity contribution in [2.24, 2.45) is 5.73 Å². The molecule has 96 valence electrons. The molecule has 0 saturated carbocycles. The molecule has 5 heteroatoms. The van der Waals surface area contributed by atoms with Gasteiger partial charge in [0.25, 0.3) is 0 Å². The van der Waals surface area contributed by atoms with Gasteiger partial charge in [0.15, 0.2) is 9.84 Å². The molecule has 0 aromatic heterocycles. The molecule has 1 atom stereocenters. The maximum Gasteiger partial charge on any atom is 0.153 e. The van der Waals surface area contributed by atoms with Crippen molar-refractivity contribution in [1.82, 2.24) is 0 Å². The fourth-order valence-corrected chi connectivity index (χ4v) is 1.92. The second-order valence-corrected chi connectivity index (χ2v) is 6.42. The molecule has 1 unspecified atom stereocenters. The lowest BCUT2D eigenvalue weighted by Crippen LogP contribution is -2.15. The number of ether oxygens (including phenoxy) is 1. The Morgan fingerprint density at radius 2 is 1.88 bits per heavy atom. The highest BCUT2D eigenvalue weighted by Gasteiger charge is 2.07. The van der Waals surface area contributed by atoms with E-state index in [1.54, 1.807) is 19.1 Å². The lowest BCUT2D eigenvalue weighted by molar-refractivity contribution is 0.341. The van der Waals surface area contributed by atoms with E-state index in [0.717, 1.165) is 5.56 Å². The van der Waals surface area contributed by atoms with Crippen LogP contribution in [0.4, 0.5) is 0 Å². The van der Waals surface area contributed by atoms with E-state index in [4.69, 9.17) is 10.5 Å². The summed E-state index contributed by atoms with van der Waals surface area (Å²) in [5.41, 5.74) is 6.75. The van der Waals surface area contributed by atoms with Crippen LogP contribution in [0.25, 0.3) is 0 Å². The third kappa shape index (κ3) is 4.75. The predicted octanol–water partition coefficient (Wildman–Crippen LogP) is 1.52. The number of rotatable bonds is 6. The van der Waals surface area contributed by atoms with E-state index in [1.165, 1.54) is 0 Å². The quantitative estimate of drug-likeness (QED) is 0.839. The molecule has 0 radical (unpaired) electrons. The van der Waals surface area contributed by atoms with Crippen molar-refractivity contribution in [3.63, 3.8) is 0 Å². The predicted molar refractivity (Wildman–Crippen MR) is 68.9 cm³/mol. The summed E-state index contributed by atoms with van der Waals surface area (Å²) in [7, 11) is -2.96. The maximum atomic E-state index is 11.2. The standard InChI is InChI=1S/C12H19NO3S/c1-3-17(14,15)9-8-16-12-6-4-11(5-7-12)10(2)13/h4-7,10H,3,8-9,13H2,1-2H3. The molecule has 1 aromatic rings. The highest BCUT2D eigenvalue weighted by atomic mass is 32.2. The Morgan fingerprint density at radius 3 is 2.35 bits per heavy atom. The van der Waals surface area contributed by atoms with Gasteiger partial charge >= 0.3 is 0 Å². The van der Waals surface area contributed by atoms with Crippen molar-refractivity contribution >= 4 is 9.84 Å². The normalized spacial score (nSPS) is 13.4. The van der Waals surface area contributed by atoms with Gasteiger partial charge in [0.05, 0.1) is 5.75 Å². The highest BCUT2D eigenvalue weighted by molar-refractivity contribution is 7.91. The van der Waals surface area contributed by atoms with Gasteiger partial charge in [-0.3, -0.25) is 0 Å². The van der Waals surface area contributed by atoms with Gasteiger partial charge in [-0.2, -0.15) is 0 Å². The summed E-state index contributed by atoms with van der Waals surface area (Å²) >= 11 is 0. The summed E-state index contributed by atoms with van der Waals surface area (Å²) in [6.07, 6.45) is 0. The third-order valence-corrected chi connectivity index (χ3v) is 4.18. The van der Waals surface area contributed by atoms with Crippen molar-refractivity contribution < 1.29 is 13.2 Å². The number of benzene rings is 1. The number of hydrogen-bond donors (Lipinski definition) is 1. The molecule has 1 aromatic carbocycles. The Labute approximate surface area is 103 Å². The van der Waals surface area contributed by atoms with E-state index in [0.29, 0.717) is 5.75 Å². The van der Waals surface area contributed by atoms with Gasteiger partial charge < -0.3 is 10.5 Å². The van der Waals surface area contributed by atoms with Crippen LogP contribution >= 0.6 is 0 Å². The first kappa shape index (κ1) is 14.0. The molecule has 0 spiro atoms. The SMILES string of the molecule is CCS(=O)(=O)CCOc1ccc(C(C)N)cc1. The summed E-state index contributed by atoms with van der Waals surface area (Å²) in [5, 5.41) is 0. The zero-order chi connectivity index (χ0) is 12.9. The zero-order valence-corrected chi connectivity index (χ0v) is 11.0. The Hall–Kier alpha value is -1.07. The van der Waals surface area contributed by atoms with E-state index in [9.17, 15) is 8.42 Å². The largest absolute Gasteiger partial charge is 0.493 e. The number of hydrogen-bond acceptors (Lipinski definition) is 4. The van der Waals surface area contributed by atoms with Crippen LogP contribution in [0.1, 0.15) is 25.5 Å². The molecule has 2 N–H and O–H groups in total. The Kier molecular flexibility index (Phi) is 4.96. The lowest BCUT2D eigenvalue weighted by Gasteiger charge is -2.08. The van der Waals surface area contributed by atoms with Crippen LogP contribution in [-0.4, -0.2) is 26.5 Å². The highest BCUT2D eigenvalue weighted by Crippen LogP contribution is 2.15. The van der Waals surface area contributed by atoms with Crippen LogP contribution in [0.5, 0.6) is 5.75 Å². The first-order valence-electron chi connectivity index (χ1n) is 5.63. The first-order chi connectivity index (χ1) is 7.94. The minimum absolute atomic E-state index is 0.00970. The van der Waals surface area contributed by atoms with Crippen LogP contribution in [0.2, 0.25) is 0 Å². The zero-order valence-electron chi connectivity index (χ0n) is 10.2. The molecule has 0 amide bonds. The van der Waals surface area contributed by atoms with Crippen LogP contribution in [0, 0.1) is 0 Å². The Balaban J connectivity index is 2.48. The van der Waals surface area contributed by atoms with Crippen LogP contribution in [0.3, 0.4) is 0 Å². The topological polar surface area (TPSA) is 69.4 Å². The van der Waals surface area contributed by atoms with Crippen LogP contribution in [-0.2, 0) is 9.84 Å². The van der Waals surface area contributed by atoms with E-state index < -0.39 is 9.84 Å². The average molecular weight is 257 g/mol. The summed E-state index contributed by atoms with van der Waals surface area (Å²) < 4.78 is 27.8. The summed E-state index contributed by atoms with van der Waals surface area (Å²) in [6, 6.07) is 7.36. The van der Waals surface area contributed by atoms with Crippen LogP contribution < -0.4 is 10.5 Å². The lowest BCUT2D eigenvalue weighted by atomic mass is 10.1. The van der Waals surface area contributed by atoms with Gasteiger partial charge in [-0.25, -0.2) is 8.42 Å². The van der Waals surface area contributed by atoms with E-state index >= 15 is 0 Å². The van der Waals surface area contributed by atoms with Crippen molar-refractivity contribution in [3.8, 4) is 5.75 Å². The van der Waals surface area contributed by atoms with Gasteiger partial charge in [0, 0.05) is 11.8 Å². The molecular weight excluding hydrogens is 238 g/mol. The first-order valence-corrected chi connectivity index (χ1v) is 7.45. The molecule has 0 saturated heterocycles. The minimum atomic E-state index is -2.96. The molecule has 0 aliphatic rings. The van der Waals surface area contributed by atoms with Crippen molar-refractivity contribution in [3.05, 3.63) is 29.8 Å². The van der Waals surface area contributed by atoms with Gasteiger partial charge in [-0.15, -0.1) is 0 Å². The van der Waals surface area contributed by atoms with Crippen molar-refractivity contribution in [2.45, 2.75) is 19.9 Å². The minimum Gasteiger partial charge on any atom is -0.493 e. The van der Waals surface area contributed by atoms with E-state index in [-0.39, 0.29) is 24.2 Å². The second kappa shape index (κ2) is 6.02. The van der Waals surface area contributed by atoms with Crippen LogP contribution in [0.15, 0.2) is 24.3 Å². The molecule has 1 rings (SSSR count).